The molecule has 3 N–H and O–H groups in total. The summed E-state index contributed by atoms with van der Waals surface area (Å²) in [6.45, 7) is 0. The Morgan fingerprint density at radius 3 is 3.21 bits per heavy atom. The van der Waals surface area contributed by atoms with Gasteiger partial charge in [0.15, 0.2) is 5.82 Å². The molecule has 2 heterocycles. The van der Waals surface area contributed by atoms with Crippen molar-refractivity contribution in [3.8, 4) is 0 Å². The highest BCUT2D eigenvalue weighted by Gasteiger charge is 2.19. The number of fused-ring (bicyclic) bond motifs is 2. The number of hydrogen-bond donors (Lipinski definition) is 2. The van der Waals surface area contributed by atoms with Gasteiger partial charge in [0, 0.05) is 5.56 Å². The molecule has 0 saturated carbocycles. The quantitative estimate of drug-likeness (QED) is 0.484. The van der Waals surface area contributed by atoms with Gasteiger partial charge >= 0.3 is 0 Å². The van der Waals surface area contributed by atoms with Crippen LogP contribution >= 0.6 is 0 Å². The first-order valence-corrected chi connectivity index (χ1v) is 4.58. The zero-order valence-corrected chi connectivity index (χ0v) is 7.56. The van der Waals surface area contributed by atoms with Crippen LogP contribution in [0, 0.1) is 0 Å². The van der Waals surface area contributed by atoms with Crippen LogP contribution in [0.25, 0.3) is 5.78 Å². The number of nitrogens with one attached hydrogen (secondary N) is 1. The maximum absolute atomic E-state index is 5.48. The minimum absolute atomic E-state index is 0.610. The smallest absolute Gasteiger partial charge is 0.254 e. The molecule has 0 radical (unpaired) electrons. The predicted molar refractivity (Wildman–Crippen MR) is 50.6 cm³/mol. The van der Waals surface area contributed by atoms with E-state index in [1.165, 1.54) is 11.9 Å². The molecule has 2 aromatic rings. The zero-order chi connectivity index (χ0) is 9.54. The van der Waals surface area contributed by atoms with E-state index in [0.717, 1.165) is 30.8 Å². The Morgan fingerprint density at radius 2 is 2.36 bits per heavy atom. The van der Waals surface area contributed by atoms with Gasteiger partial charge in [-0.3, -0.25) is 0 Å². The van der Waals surface area contributed by atoms with Crippen LogP contribution < -0.4 is 11.3 Å². The van der Waals surface area contributed by atoms with Crippen LogP contribution in [0.15, 0.2) is 6.33 Å². The molecular formula is C8H10N6. The highest BCUT2D eigenvalue weighted by Crippen LogP contribution is 2.26. The molecule has 14 heavy (non-hydrogen) atoms. The molecule has 0 unspecified atom stereocenters. The van der Waals surface area contributed by atoms with Gasteiger partial charge in [-0.15, -0.1) is 0 Å². The van der Waals surface area contributed by atoms with E-state index in [2.05, 4.69) is 20.5 Å². The van der Waals surface area contributed by atoms with Gasteiger partial charge in [-0.1, -0.05) is 0 Å². The summed E-state index contributed by atoms with van der Waals surface area (Å²) < 4.78 is 1.64. The maximum Gasteiger partial charge on any atom is 0.254 e. The van der Waals surface area contributed by atoms with Crippen molar-refractivity contribution in [1.29, 1.82) is 0 Å². The van der Waals surface area contributed by atoms with Crippen LogP contribution in [0.1, 0.15) is 17.7 Å². The van der Waals surface area contributed by atoms with Crippen LogP contribution in [0.2, 0.25) is 0 Å². The third-order valence-electron chi connectivity index (χ3n) is 2.59. The van der Waals surface area contributed by atoms with Crippen LogP contribution in [-0.2, 0) is 12.8 Å². The van der Waals surface area contributed by atoms with Crippen LogP contribution in [0.4, 0.5) is 5.82 Å². The number of nitrogens with two attached hydrogens (primary N) is 1. The molecule has 0 aromatic carbocycles. The van der Waals surface area contributed by atoms with Crippen molar-refractivity contribution in [1.82, 2.24) is 19.6 Å². The monoisotopic (exact) mass is 190 g/mol. The molecule has 3 rings (SSSR count). The highest BCUT2D eigenvalue weighted by molar-refractivity contribution is 5.53. The average Bonchev–Trinajstić information content (AvgIpc) is 2.80. The molecule has 0 amide bonds. The molecular weight excluding hydrogens is 180 g/mol. The molecule has 1 aliphatic carbocycles. The van der Waals surface area contributed by atoms with Crippen LogP contribution in [-0.4, -0.2) is 19.6 Å². The SMILES string of the molecule is NNc1c2c(nc3ncnn13)CCC2. The normalized spacial score (nSPS) is 14.6. The summed E-state index contributed by atoms with van der Waals surface area (Å²) in [6.07, 6.45) is 4.63. The summed E-state index contributed by atoms with van der Waals surface area (Å²) in [5.41, 5.74) is 4.94. The standard InChI is InChI=1S/C8H10N6/c9-13-7-5-2-1-3-6(5)12-8-10-4-11-14(7)8/h4,13H,1-3,9H2. The second kappa shape index (κ2) is 2.65. The van der Waals surface area contributed by atoms with Gasteiger partial charge in [0.1, 0.15) is 6.33 Å². The van der Waals surface area contributed by atoms with E-state index in [1.54, 1.807) is 4.52 Å². The molecule has 6 nitrogen and oxygen atoms in total. The fourth-order valence-electron chi connectivity index (χ4n) is 1.97. The lowest BCUT2D eigenvalue weighted by Crippen LogP contribution is -2.15. The van der Waals surface area contributed by atoms with E-state index in [1.807, 2.05) is 0 Å². The summed E-state index contributed by atoms with van der Waals surface area (Å²) >= 11 is 0. The Kier molecular flexibility index (Phi) is 1.45. The number of anilines is 1. The first-order valence-electron chi connectivity index (χ1n) is 4.58. The van der Waals surface area contributed by atoms with E-state index < -0.39 is 0 Å². The van der Waals surface area contributed by atoms with Gasteiger partial charge in [0.05, 0.1) is 5.69 Å². The molecule has 0 aliphatic heterocycles. The van der Waals surface area contributed by atoms with E-state index in [9.17, 15) is 0 Å². The minimum Gasteiger partial charge on any atom is -0.308 e. The van der Waals surface area contributed by atoms with Crippen molar-refractivity contribution in [2.75, 3.05) is 5.43 Å². The summed E-state index contributed by atoms with van der Waals surface area (Å²) in [6, 6.07) is 0. The molecule has 1 aliphatic rings. The van der Waals surface area contributed by atoms with E-state index in [4.69, 9.17) is 5.84 Å². The molecule has 0 saturated heterocycles. The van der Waals surface area contributed by atoms with Crippen molar-refractivity contribution in [2.45, 2.75) is 19.3 Å². The fraction of sp³-hybridized carbons (Fsp3) is 0.375. The highest BCUT2D eigenvalue weighted by atomic mass is 15.4. The molecule has 2 aromatic heterocycles. The summed E-state index contributed by atoms with van der Waals surface area (Å²) in [4.78, 5) is 8.47. The lowest BCUT2D eigenvalue weighted by Gasteiger charge is -2.07. The predicted octanol–water partition coefficient (Wildman–Crippen LogP) is -0.101. The molecule has 72 valence electrons. The van der Waals surface area contributed by atoms with E-state index in [0.29, 0.717) is 5.78 Å². The van der Waals surface area contributed by atoms with E-state index in [-0.39, 0.29) is 0 Å². The van der Waals surface area contributed by atoms with Gasteiger partial charge in [-0.25, -0.2) is 10.8 Å². The Hall–Kier alpha value is -1.69. The van der Waals surface area contributed by atoms with Gasteiger partial charge in [0.25, 0.3) is 5.78 Å². The third-order valence-corrected chi connectivity index (χ3v) is 2.59. The van der Waals surface area contributed by atoms with Crippen molar-refractivity contribution in [2.24, 2.45) is 5.84 Å². The van der Waals surface area contributed by atoms with E-state index >= 15 is 0 Å². The number of nitrogens with zero attached hydrogens (tertiary/aromatic N) is 4. The number of hydrogen-bond acceptors (Lipinski definition) is 5. The maximum atomic E-state index is 5.48. The molecule has 6 heteroatoms. The lowest BCUT2D eigenvalue weighted by atomic mass is 10.2. The first kappa shape index (κ1) is 7.69. The second-order valence-corrected chi connectivity index (χ2v) is 3.36. The molecule has 0 spiro atoms. The number of aromatic nitrogens is 4. The molecule has 0 fully saturated rings. The van der Waals surface area contributed by atoms with Crippen LogP contribution in [0.5, 0.6) is 0 Å². The van der Waals surface area contributed by atoms with Crippen molar-refractivity contribution < 1.29 is 0 Å². The zero-order valence-electron chi connectivity index (χ0n) is 7.56. The van der Waals surface area contributed by atoms with Crippen LogP contribution in [0.3, 0.4) is 0 Å². The minimum atomic E-state index is 0.610. The third kappa shape index (κ3) is 0.856. The van der Waals surface area contributed by atoms with Gasteiger partial charge in [-0.2, -0.15) is 14.6 Å². The van der Waals surface area contributed by atoms with Crippen molar-refractivity contribution in [3.63, 3.8) is 0 Å². The van der Waals surface area contributed by atoms with Crippen molar-refractivity contribution >= 4 is 11.6 Å². The molecule has 0 bridgehead atoms. The average molecular weight is 190 g/mol. The number of aryl methyl sites for hydroxylation is 1. The lowest BCUT2D eigenvalue weighted by molar-refractivity contribution is 0.900. The Morgan fingerprint density at radius 1 is 1.43 bits per heavy atom. The number of rotatable bonds is 1. The van der Waals surface area contributed by atoms with Gasteiger partial charge in [0.2, 0.25) is 0 Å². The summed E-state index contributed by atoms with van der Waals surface area (Å²) in [7, 11) is 0. The Balaban J connectivity index is 2.40. The summed E-state index contributed by atoms with van der Waals surface area (Å²) in [5, 5.41) is 4.07. The Labute approximate surface area is 80.1 Å². The largest absolute Gasteiger partial charge is 0.308 e. The summed E-state index contributed by atoms with van der Waals surface area (Å²) in [5.74, 6) is 6.91. The fourth-order valence-corrected chi connectivity index (χ4v) is 1.97. The number of hydrazine groups is 1. The second-order valence-electron chi connectivity index (χ2n) is 3.36. The topological polar surface area (TPSA) is 81.1 Å². The first-order chi connectivity index (χ1) is 6.90. The van der Waals surface area contributed by atoms with Gasteiger partial charge in [-0.05, 0) is 19.3 Å². The molecule has 0 atom stereocenters. The number of nitrogen functional groups attached to an aromatic ring is 1. The van der Waals surface area contributed by atoms with Crippen molar-refractivity contribution in [3.05, 3.63) is 17.6 Å². The van der Waals surface area contributed by atoms with Gasteiger partial charge < -0.3 is 5.43 Å². The Bertz CT molecular complexity index is 488.